The first-order valence-electron chi connectivity index (χ1n) is 4.83. The van der Waals surface area contributed by atoms with Crippen LogP contribution in [0.4, 0.5) is 0 Å². The van der Waals surface area contributed by atoms with Crippen molar-refractivity contribution < 1.29 is 4.79 Å². The maximum atomic E-state index is 11.8. The molecule has 74 valence electrons. The summed E-state index contributed by atoms with van der Waals surface area (Å²) in [6.45, 7) is 0. The van der Waals surface area contributed by atoms with E-state index in [0.717, 1.165) is 5.56 Å². The van der Waals surface area contributed by atoms with Crippen LogP contribution < -0.4 is 0 Å². The van der Waals surface area contributed by atoms with Gasteiger partial charge in [-0.05, 0) is 17.7 Å². The number of carbonyl (C=O) groups is 1. The summed E-state index contributed by atoms with van der Waals surface area (Å²) >= 11 is 0. The van der Waals surface area contributed by atoms with Crippen LogP contribution in [0.3, 0.4) is 0 Å². The van der Waals surface area contributed by atoms with E-state index in [4.69, 9.17) is 0 Å². The standard InChI is InChI=1S/C13H11NO/c15-13(12-6-8-14-9-7-12)10-11-4-2-1-3-5-11/h1-9H,10H2. The lowest BCUT2D eigenvalue weighted by Gasteiger charge is -2.00. The second-order valence-electron chi connectivity index (χ2n) is 3.32. The Labute approximate surface area is 88.6 Å². The lowest BCUT2D eigenvalue weighted by atomic mass is 10.0. The van der Waals surface area contributed by atoms with Gasteiger partial charge in [-0.1, -0.05) is 30.3 Å². The van der Waals surface area contributed by atoms with Crippen LogP contribution in [0.5, 0.6) is 0 Å². The second kappa shape index (κ2) is 4.51. The summed E-state index contributed by atoms with van der Waals surface area (Å²) in [4.78, 5) is 15.7. The molecule has 2 rings (SSSR count). The van der Waals surface area contributed by atoms with E-state index in [2.05, 4.69) is 4.98 Å². The van der Waals surface area contributed by atoms with Gasteiger partial charge in [0.1, 0.15) is 0 Å². The van der Waals surface area contributed by atoms with Gasteiger partial charge in [0.2, 0.25) is 0 Å². The molecule has 0 saturated heterocycles. The van der Waals surface area contributed by atoms with Crippen molar-refractivity contribution in [3.63, 3.8) is 0 Å². The van der Waals surface area contributed by atoms with Gasteiger partial charge >= 0.3 is 0 Å². The molecular formula is C13H11NO. The second-order valence-corrected chi connectivity index (χ2v) is 3.32. The number of ketones is 1. The summed E-state index contributed by atoms with van der Waals surface area (Å²) in [5.41, 5.74) is 1.76. The maximum absolute atomic E-state index is 11.8. The molecule has 0 saturated carbocycles. The highest BCUT2D eigenvalue weighted by atomic mass is 16.1. The molecule has 1 aromatic heterocycles. The van der Waals surface area contributed by atoms with Crippen molar-refractivity contribution in [3.8, 4) is 0 Å². The predicted molar refractivity (Wildman–Crippen MR) is 58.7 cm³/mol. The van der Waals surface area contributed by atoms with E-state index in [-0.39, 0.29) is 5.78 Å². The van der Waals surface area contributed by atoms with Crippen LogP contribution in [0.2, 0.25) is 0 Å². The molecule has 0 atom stereocenters. The Bertz CT molecular complexity index is 437. The summed E-state index contributed by atoms with van der Waals surface area (Å²) in [6.07, 6.45) is 3.72. The van der Waals surface area contributed by atoms with Gasteiger partial charge in [-0.15, -0.1) is 0 Å². The molecule has 0 fully saturated rings. The first-order chi connectivity index (χ1) is 7.36. The van der Waals surface area contributed by atoms with Gasteiger partial charge in [0.05, 0.1) is 0 Å². The molecule has 0 spiro atoms. The Morgan fingerprint density at radius 2 is 1.67 bits per heavy atom. The molecule has 2 aromatic rings. The van der Waals surface area contributed by atoms with E-state index in [9.17, 15) is 4.79 Å². The summed E-state index contributed by atoms with van der Waals surface area (Å²) in [6, 6.07) is 13.2. The zero-order valence-corrected chi connectivity index (χ0v) is 8.26. The van der Waals surface area contributed by atoms with Crippen LogP contribution in [0.1, 0.15) is 15.9 Å². The predicted octanol–water partition coefficient (Wildman–Crippen LogP) is 2.51. The van der Waals surface area contributed by atoms with Crippen molar-refractivity contribution in [2.45, 2.75) is 6.42 Å². The van der Waals surface area contributed by atoms with Gasteiger partial charge < -0.3 is 0 Å². The topological polar surface area (TPSA) is 30.0 Å². The Hall–Kier alpha value is -1.96. The monoisotopic (exact) mass is 197 g/mol. The zero-order chi connectivity index (χ0) is 10.5. The summed E-state index contributed by atoms with van der Waals surface area (Å²) in [5, 5.41) is 0. The minimum absolute atomic E-state index is 0.128. The highest BCUT2D eigenvalue weighted by Crippen LogP contribution is 2.06. The van der Waals surface area contributed by atoms with Crippen molar-refractivity contribution in [1.82, 2.24) is 4.98 Å². The normalized spacial score (nSPS) is 9.87. The average molecular weight is 197 g/mol. The fourth-order valence-corrected chi connectivity index (χ4v) is 1.42. The SMILES string of the molecule is O=C(Cc1ccccc1)c1ccncc1. The van der Waals surface area contributed by atoms with Crippen molar-refractivity contribution in [2.75, 3.05) is 0 Å². The molecule has 1 heterocycles. The average Bonchev–Trinajstić information content (AvgIpc) is 2.31. The third-order valence-electron chi connectivity index (χ3n) is 2.21. The number of aromatic nitrogens is 1. The van der Waals surface area contributed by atoms with Crippen LogP contribution in [0, 0.1) is 0 Å². The van der Waals surface area contributed by atoms with Gasteiger partial charge in [-0.25, -0.2) is 0 Å². The minimum Gasteiger partial charge on any atom is -0.294 e. The van der Waals surface area contributed by atoms with E-state index in [1.165, 1.54) is 0 Å². The number of carbonyl (C=O) groups excluding carboxylic acids is 1. The number of rotatable bonds is 3. The number of hydrogen-bond donors (Lipinski definition) is 0. The molecule has 2 heteroatoms. The fourth-order valence-electron chi connectivity index (χ4n) is 1.42. The molecule has 0 radical (unpaired) electrons. The third-order valence-corrected chi connectivity index (χ3v) is 2.21. The van der Waals surface area contributed by atoms with Crippen molar-refractivity contribution >= 4 is 5.78 Å². The summed E-state index contributed by atoms with van der Waals surface area (Å²) in [5.74, 6) is 0.128. The lowest BCUT2D eigenvalue weighted by molar-refractivity contribution is 0.0993. The molecular weight excluding hydrogens is 186 g/mol. The van der Waals surface area contributed by atoms with Crippen LogP contribution in [-0.4, -0.2) is 10.8 Å². The van der Waals surface area contributed by atoms with E-state index < -0.39 is 0 Å². The Morgan fingerprint density at radius 1 is 1.00 bits per heavy atom. The Balaban J connectivity index is 2.12. The van der Waals surface area contributed by atoms with Crippen LogP contribution in [-0.2, 0) is 6.42 Å². The highest BCUT2D eigenvalue weighted by molar-refractivity contribution is 5.97. The maximum Gasteiger partial charge on any atom is 0.167 e. The number of benzene rings is 1. The largest absolute Gasteiger partial charge is 0.294 e. The minimum atomic E-state index is 0.128. The van der Waals surface area contributed by atoms with Gasteiger partial charge in [-0.2, -0.15) is 0 Å². The Morgan fingerprint density at radius 3 is 2.33 bits per heavy atom. The molecule has 0 amide bonds. The van der Waals surface area contributed by atoms with Crippen LogP contribution >= 0.6 is 0 Å². The smallest absolute Gasteiger partial charge is 0.167 e. The van der Waals surface area contributed by atoms with Crippen molar-refractivity contribution in [1.29, 1.82) is 0 Å². The fraction of sp³-hybridized carbons (Fsp3) is 0.0769. The van der Waals surface area contributed by atoms with Crippen LogP contribution in [0.15, 0.2) is 54.9 Å². The van der Waals surface area contributed by atoms with Crippen molar-refractivity contribution in [2.24, 2.45) is 0 Å². The summed E-state index contributed by atoms with van der Waals surface area (Å²) in [7, 11) is 0. The molecule has 15 heavy (non-hydrogen) atoms. The van der Waals surface area contributed by atoms with Gasteiger partial charge in [0, 0.05) is 24.4 Å². The first-order valence-corrected chi connectivity index (χ1v) is 4.83. The molecule has 0 N–H and O–H groups in total. The van der Waals surface area contributed by atoms with E-state index in [1.807, 2.05) is 30.3 Å². The van der Waals surface area contributed by atoms with Crippen molar-refractivity contribution in [3.05, 3.63) is 66.0 Å². The van der Waals surface area contributed by atoms with E-state index in [1.54, 1.807) is 24.5 Å². The number of pyridine rings is 1. The van der Waals surface area contributed by atoms with Gasteiger partial charge in [0.25, 0.3) is 0 Å². The molecule has 0 aliphatic rings. The molecule has 1 aromatic carbocycles. The van der Waals surface area contributed by atoms with Gasteiger partial charge in [0.15, 0.2) is 5.78 Å². The first kappa shape index (κ1) is 9.59. The van der Waals surface area contributed by atoms with E-state index in [0.29, 0.717) is 12.0 Å². The molecule has 0 bridgehead atoms. The molecule has 2 nitrogen and oxygen atoms in total. The Kier molecular flexibility index (Phi) is 2.88. The third kappa shape index (κ3) is 2.50. The number of hydrogen-bond acceptors (Lipinski definition) is 2. The zero-order valence-electron chi connectivity index (χ0n) is 8.26. The van der Waals surface area contributed by atoms with Crippen LogP contribution in [0.25, 0.3) is 0 Å². The quantitative estimate of drug-likeness (QED) is 0.707. The van der Waals surface area contributed by atoms with E-state index >= 15 is 0 Å². The molecule has 0 aliphatic carbocycles. The summed E-state index contributed by atoms with van der Waals surface area (Å²) < 4.78 is 0. The number of Topliss-reactive ketones (excluding diaryl/α,β-unsaturated/α-hetero) is 1. The number of nitrogens with zero attached hydrogens (tertiary/aromatic N) is 1. The molecule has 0 unspecified atom stereocenters. The molecule has 0 aliphatic heterocycles. The lowest BCUT2D eigenvalue weighted by Crippen LogP contribution is -2.03. The highest BCUT2D eigenvalue weighted by Gasteiger charge is 2.05. The van der Waals surface area contributed by atoms with Gasteiger partial charge in [-0.3, -0.25) is 9.78 Å².